The van der Waals surface area contributed by atoms with E-state index in [4.69, 9.17) is 4.74 Å². The number of aliphatic hydroxyl groups is 1. The Kier molecular flexibility index (Phi) is 5.86. The second-order valence-corrected chi connectivity index (χ2v) is 8.23. The van der Waals surface area contributed by atoms with Crippen LogP contribution in [0.15, 0.2) is 0 Å². The van der Waals surface area contributed by atoms with Crippen LogP contribution in [-0.4, -0.2) is 61.4 Å². The Morgan fingerprint density at radius 3 is 2.59 bits per heavy atom. The highest BCUT2D eigenvalue weighted by Gasteiger charge is 2.40. The van der Waals surface area contributed by atoms with Crippen LogP contribution >= 0.6 is 0 Å². The average molecular weight is 312 g/mol. The molecule has 2 heterocycles. The van der Waals surface area contributed by atoms with E-state index in [1.54, 1.807) is 0 Å². The summed E-state index contributed by atoms with van der Waals surface area (Å²) in [5.41, 5.74) is 0.379. The van der Waals surface area contributed by atoms with E-state index in [1.165, 1.54) is 0 Å². The van der Waals surface area contributed by atoms with Gasteiger partial charge >= 0.3 is 0 Å². The summed E-state index contributed by atoms with van der Waals surface area (Å²) in [6.45, 7) is 10.1. The van der Waals surface area contributed by atoms with Crippen molar-refractivity contribution in [3.63, 3.8) is 0 Å². The number of hydrogen-bond acceptors (Lipinski definition) is 4. The predicted molar refractivity (Wildman–Crippen MR) is 86.6 cm³/mol. The average Bonchev–Trinajstić information content (AvgIpc) is 2.46. The largest absolute Gasteiger partial charge is 0.395 e. The molecule has 0 radical (unpaired) electrons. The fraction of sp³-hybridized carbons (Fsp3) is 0.941. The Bertz CT molecular complexity index is 373. The topological polar surface area (TPSA) is 61.8 Å². The van der Waals surface area contributed by atoms with Crippen molar-refractivity contribution < 1.29 is 14.6 Å². The molecule has 1 atom stereocenters. The molecule has 22 heavy (non-hydrogen) atoms. The number of carbonyl (C=O) groups is 1. The van der Waals surface area contributed by atoms with E-state index in [2.05, 4.69) is 31.0 Å². The third-order valence-electron chi connectivity index (χ3n) is 4.99. The molecule has 1 spiro atoms. The van der Waals surface area contributed by atoms with E-state index in [0.29, 0.717) is 13.1 Å². The van der Waals surface area contributed by atoms with Crippen molar-refractivity contribution in [2.75, 3.05) is 39.5 Å². The van der Waals surface area contributed by atoms with Gasteiger partial charge in [-0.1, -0.05) is 20.8 Å². The second kappa shape index (κ2) is 7.28. The summed E-state index contributed by atoms with van der Waals surface area (Å²) in [6.07, 6.45) is 4.27. The highest BCUT2D eigenvalue weighted by atomic mass is 16.5. The van der Waals surface area contributed by atoms with Crippen LogP contribution in [0.2, 0.25) is 0 Å². The number of nitrogens with one attached hydrogen (secondary N) is 1. The lowest BCUT2D eigenvalue weighted by Crippen LogP contribution is -2.54. The minimum atomic E-state index is 0.0671. The number of piperidine rings is 1. The summed E-state index contributed by atoms with van der Waals surface area (Å²) in [5, 5.41) is 12.6. The van der Waals surface area contributed by atoms with Crippen LogP contribution in [-0.2, 0) is 9.53 Å². The minimum absolute atomic E-state index is 0.0671. The van der Waals surface area contributed by atoms with Crippen molar-refractivity contribution in [1.82, 2.24) is 10.2 Å². The van der Waals surface area contributed by atoms with E-state index >= 15 is 0 Å². The molecular formula is C17H32N2O3. The molecule has 0 aromatic heterocycles. The molecule has 0 aromatic rings. The third-order valence-corrected chi connectivity index (χ3v) is 4.99. The highest BCUT2D eigenvalue weighted by molar-refractivity contribution is 5.78. The maximum absolute atomic E-state index is 12.2. The van der Waals surface area contributed by atoms with Gasteiger partial charge in [0.1, 0.15) is 0 Å². The number of aliphatic hydroxyl groups excluding tert-OH is 1. The van der Waals surface area contributed by atoms with Crippen molar-refractivity contribution in [2.45, 2.75) is 52.5 Å². The van der Waals surface area contributed by atoms with Crippen LogP contribution in [0.1, 0.15) is 46.5 Å². The summed E-state index contributed by atoms with van der Waals surface area (Å²) in [7, 11) is 0. The van der Waals surface area contributed by atoms with E-state index in [9.17, 15) is 9.90 Å². The fourth-order valence-corrected chi connectivity index (χ4v) is 3.50. The Labute approximate surface area is 134 Å². The Hall–Kier alpha value is -0.650. The molecule has 2 aliphatic heterocycles. The SMILES string of the molecule is CC(C)(C)CNC(=O)CN1CC2(CCOCC2)CCC1CO. The molecule has 0 saturated carbocycles. The van der Waals surface area contributed by atoms with Gasteiger partial charge in [0.25, 0.3) is 0 Å². The first kappa shape index (κ1) is 17.7. The monoisotopic (exact) mass is 312 g/mol. The lowest BCUT2D eigenvalue weighted by atomic mass is 9.72. The van der Waals surface area contributed by atoms with Gasteiger partial charge < -0.3 is 15.2 Å². The quantitative estimate of drug-likeness (QED) is 0.824. The molecule has 2 fully saturated rings. The molecule has 128 valence electrons. The summed E-state index contributed by atoms with van der Waals surface area (Å²) in [6, 6.07) is 0.119. The molecule has 1 amide bonds. The number of nitrogens with zero attached hydrogens (tertiary/aromatic N) is 1. The van der Waals surface area contributed by atoms with Crippen molar-refractivity contribution in [1.29, 1.82) is 0 Å². The molecule has 1 unspecified atom stereocenters. The van der Waals surface area contributed by atoms with Gasteiger partial charge in [-0.2, -0.15) is 0 Å². The van der Waals surface area contributed by atoms with Crippen molar-refractivity contribution >= 4 is 5.91 Å². The third kappa shape index (κ3) is 4.93. The first-order valence-corrected chi connectivity index (χ1v) is 8.53. The first-order valence-electron chi connectivity index (χ1n) is 8.53. The Morgan fingerprint density at radius 1 is 1.32 bits per heavy atom. The zero-order valence-electron chi connectivity index (χ0n) is 14.4. The van der Waals surface area contributed by atoms with E-state index < -0.39 is 0 Å². The van der Waals surface area contributed by atoms with Gasteiger partial charge in [0.15, 0.2) is 0 Å². The van der Waals surface area contributed by atoms with E-state index in [0.717, 1.165) is 45.4 Å². The van der Waals surface area contributed by atoms with E-state index in [-0.39, 0.29) is 29.4 Å². The zero-order valence-corrected chi connectivity index (χ0v) is 14.4. The Balaban J connectivity index is 1.91. The van der Waals surface area contributed by atoms with Gasteiger partial charge in [-0.25, -0.2) is 0 Å². The van der Waals surface area contributed by atoms with Crippen LogP contribution in [0.3, 0.4) is 0 Å². The predicted octanol–water partition coefficient (Wildman–Crippen LogP) is 1.40. The smallest absolute Gasteiger partial charge is 0.234 e. The molecule has 0 aliphatic carbocycles. The number of hydrogen-bond donors (Lipinski definition) is 2. The Morgan fingerprint density at radius 2 is 2.00 bits per heavy atom. The number of carbonyl (C=O) groups excluding carboxylic acids is 1. The van der Waals surface area contributed by atoms with Crippen LogP contribution in [0.5, 0.6) is 0 Å². The lowest BCUT2D eigenvalue weighted by molar-refractivity contribution is -0.126. The molecule has 5 nitrogen and oxygen atoms in total. The minimum Gasteiger partial charge on any atom is -0.395 e. The van der Waals surface area contributed by atoms with Gasteiger partial charge in [0.05, 0.1) is 13.2 Å². The van der Waals surface area contributed by atoms with Gasteiger partial charge in [-0.05, 0) is 36.5 Å². The molecule has 5 heteroatoms. The molecule has 2 saturated heterocycles. The normalized spacial score (nSPS) is 26.1. The number of likely N-dealkylation sites (tertiary alicyclic amines) is 1. The van der Waals surface area contributed by atoms with Crippen molar-refractivity contribution in [3.05, 3.63) is 0 Å². The van der Waals surface area contributed by atoms with E-state index in [1.807, 2.05) is 0 Å². The van der Waals surface area contributed by atoms with Crippen LogP contribution in [0.25, 0.3) is 0 Å². The van der Waals surface area contributed by atoms with Gasteiger partial charge in [0.2, 0.25) is 5.91 Å². The number of ether oxygens (including phenoxy) is 1. The van der Waals surface area contributed by atoms with Crippen LogP contribution in [0.4, 0.5) is 0 Å². The summed E-state index contributed by atoms with van der Waals surface area (Å²) >= 11 is 0. The molecule has 0 bridgehead atoms. The second-order valence-electron chi connectivity index (χ2n) is 8.23. The standard InChI is InChI=1S/C17H32N2O3/c1-16(2,3)12-18-15(21)10-19-13-17(5-4-14(19)11-20)6-8-22-9-7-17/h14,20H,4-13H2,1-3H3,(H,18,21). The fourth-order valence-electron chi connectivity index (χ4n) is 3.50. The molecule has 2 aliphatic rings. The highest BCUT2D eigenvalue weighted by Crippen LogP contribution is 2.40. The zero-order chi connectivity index (χ0) is 16.2. The van der Waals surface area contributed by atoms with Crippen molar-refractivity contribution in [3.8, 4) is 0 Å². The van der Waals surface area contributed by atoms with Crippen LogP contribution in [0, 0.1) is 10.8 Å². The summed E-state index contributed by atoms with van der Waals surface area (Å²) in [5.74, 6) is 0.0671. The van der Waals surface area contributed by atoms with Crippen molar-refractivity contribution in [2.24, 2.45) is 10.8 Å². The van der Waals surface area contributed by atoms with Gasteiger partial charge in [-0.3, -0.25) is 9.69 Å². The van der Waals surface area contributed by atoms with Gasteiger partial charge in [0, 0.05) is 32.3 Å². The number of rotatable bonds is 4. The molecule has 2 N–H and O–H groups in total. The van der Waals surface area contributed by atoms with Gasteiger partial charge in [-0.15, -0.1) is 0 Å². The lowest BCUT2D eigenvalue weighted by Gasteiger charge is -2.48. The maximum atomic E-state index is 12.2. The maximum Gasteiger partial charge on any atom is 0.234 e. The number of amides is 1. The summed E-state index contributed by atoms with van der Waals surface area (Å²) in [4.78, 5) is 14.4. The molecule has 0 aromatic carbocycles. The summed E-state index contributed by atoms with van der Waals surface area (Å²) < 4.78 is 5.50. The first-order chi connectivity index (χ1) is 10.3. The van der Waals surface area contributed by atoms with Crippen LogP contribution < -0.4 is 5.32 Å². The molecule has 2 rings (SSSR count). The molecular weight excluding hydrogens is 280 g/mol.